The lowest BCUT2D eigenvalue weighted by Crippen LogP contribution is -2.48. The number of amides is 1. The Morgan fingerprint density at radius 3 is 2.52 bits per heavy atom. The van der Waals surface area contributed by atoms with Crippen LogP contribution in [0.5, 0.6) is 0 Å². The number of hydrogen-bond donors (Lipinski definition) is 0. The van der Waals surface area contributed by atoms with Crippen LogP contribution in [0.1, 0.15) is 23.6 Å². The number of hydrogen-bond acceptors (Lipinski definition) is 3. The summed E-state index contributed by atoms with van der Waals surface area (Å²) in [6.45, 7) is 4.16. The lowest BCUT2D eigenvalue weighted by molar-refractivity contribution is -0.134. The summed E-state index contributed by atoms with van der Waals surface area (Å²) >= 11 is 0. The number of pyridine rings is 1. The zero-order valence-electron chi connectivity index (χ0n) is 14.1. The Morgan fingerprint density at radius 1 is 1.08 bits per heavy atom. The third-order valence-electron chi connectivity index (χ3n) is 5.20. The van der Waals surface area contributed by atoms with Crippen molar-refractivity contribution >= 4 is 5.91 Å². The van der Waals surface area contributed by atoms with E-state index >= 15 is 0 Å². The van der Waals surface area contributed by atoms with Crippen LogP contribution in [0.4, 0.5) is 4.39 Å². The minimum absolute atomic E-state index is 0.0767. The van der Waals surface area contributed by atoms with E-state index in [1.165, 1.54) is 12.1 Å². The predicted molar refractivity (Wildman–Crippen MR) is 93.3 cm³/mol. The molecule has 1 aliphatic carbocycles. The van der Waals surface area contributed by atoms with E-state index in [2.05, 4.69) is 9.88 Å². The molecule has 0 N–H and O–H groups in total. The number of nitrogens with zero attached hydrogens (tertiary/aromatic N) is 3. The van der Waals surface area contributed by atoms with Crippen molar-refractivity contribution < 1.29 is 9.18 Å². The number of benzene rings is 1. The summed E-state index contributed by atoms with van der Waals surface area (Å²) in [4.78, 5) is 21.4. The van der Waals surface area contributed by atoms with Crippen LogP contribution < -0.4 is 0 Å². The van der Waals surface area contributed by atoms with E-state index in [-0.39, 0.29) is 23.6 Å². The zero-order chi connectivity index (χ0) is 17.2. The molecule has 5 heteroatoms. The van der Waals surface area contributed by atoms with Gasteiger partial charge in [0.1, 0.15) is 5.82 Å². The quantitative estimate of drug-likeness (QED) is 0.859. The third-order valence-corrected chi connectivity index (χ3v) is 5.20. The molecule has 1 aromatic carbocycles. The molecule has 1 saturated carbocycles. The highest BCUT2D eigenvalue weighted by molar-refractivity contribution is 5.83. The number of carbonyl (C=O) groups is 1. The summed E-state index contributed by atoms with van der Waals surface area (Å²) in [5.74, 6) is 0.371. The first-order valence-corrected chi connectivity index (χ1v) is 8.87. The molecule has 0 radical (unpaired) electrons. The molecule has 130 valence electrons. The van der Waals surface area contributed by atoms with Crippen LogP contribution in [-0.4, -0.2) is 46.9 Å². The van der Waals surface area contributed by atoms with E-state index in [0.717, 1.165) is 50.4 Å². The van der Waals surface area contributed by atoms with Crippen LogP contribution >= 0.6 is 0 Å². The van der Waals surface area contributed by atoms with Crippen LogP contribution in [0.3, 0.4) is 0 Å². The van der Waals surface area contributed by atoms with Crippen LogP contribution in [0.25, 0.3) is 0 Å². The second-order valence-corrected chi connectivity index (χ2v) is 6.92. The number of carbonyl (C=O) groups excluding carboxylic acids is 1. The molecular formula is C20H22FN3O. The topological polar surface area (TPSA) is 36.4 Å². The molecule has 2 aromatic rings. The average molecular weight is 339 g/mol. The van der Waals surface area contributed by atoms with Crippen LogP contribution in [0.2, 0.25) is 0 Å². The van der Waals surface area contributed by atoms with Crippen LogP contribution in [-0.2, 0) is 11.3 Å². The Kier molecular flexibility index (Phi) is 4.49. The minimum Gasteiger partial charge on any atom is -0.340 e. The first-order valence-electron chi connectivity index (χ1n) is 8.87. The Morgan fingerprint density at radius 2 is 1.84 bits per heavy atom. The predicted octanol–water partition coefficient (Wildman–Crippen LogP) is 2.67. The van der Waals surface area contributed by atoms with E-state index in [9.17, 15) is 9.18 Å². The number of rotatable bonds is 4. The lowest BCUT2D eigenvalue weighted by Gasteiger charge is -2.34. The molecule has 2 unspecified atom stereocenters. The average Bonchev–Trinajstić information content (AvgIpc) is 3.44. The second-order valence-electron chi connectivity index (χ2n) is 6.92. The zero-order valence-corrected chi connectivity index (χ0v) is 14.1. The number of piperazine rings is 1. The highest BCUT2D eigenvalue weighted by Gasteiger charge is 2.46. The maximum atomic E-state index is 13.0. The SMILES string of the molecule is O=C(C1CC1c1ccc(F)cc1)N1CCN(Cc2ccccn2)CC1. The first-order chi connectivity index (χ1) is 12.2. The highest BCUT2D eigenvalue weighted by Crippen LogP contribution is 2.48. The highest BCUT2D eigenvalue weighted by atomic mass is 19.1. The molecule has 1 saturated heterocycles. The van der Waals surface area contributed by atoms with E-state index in [1.54, 1.807) is 12.1 Å². The van der Waals surface area contributed by atoms with Crippen molar-refractivity contribution in [1.29, 1.82) is 0 Å². The normalized spacial score (nSPS) is 23.5. The Balaban J connectivity index is 1.28. The monoisotopic (exact) mass is 339 g/mol. The van der Waals surface area contributed by atoms with Crippen molar-refractivity contribution in [3.8, 4) is 0 Å². The van der Waals surface area contributed by atoms with Crippen molar-refractivity contribution in [3.05, 3.63) is 65.7 Å². The van der Waals surface area contributed by atoms with Gasteiger partial charge in [-0.3, -0.25) is 14.7 Å². The van der Waals surface area contributed by atoms with Gasteiger partial charge in [-0.1, -0.05) is 18.2 Å². The molecule has 4 nitrogen and oxygen atoms in total. The largest absolute Gasteiger partial charge is 0.340 e. The van der Waals surface area contributed by atoms with Crippen molar-refractivity contribution in [2.45, 2.75) is 18.9 Å². The number of halogens is 1. The summed E-state index contributed by atoms with van der Waals surface area (Å²) in [5.41, 5.74) is 2.15. The molecule has 2 fully saturated rings. The lowest BCUT2D eigenvalue weighted by atomic mass is 10.1. The molecule has 2 aliphatic rings. The van der Waals surface area contributed by atoms with Gasteiger partial charge in [-0.2, -0.15) is 0 Å². The summed E-state index contributed by atoms with van der Waals surface area (Å²) in [5, 5.41) is 0. The molecule has 4 rings (SSSR count). The van der Waals surface area contributed by atoms with Gasteiger partial charge in [-0.15, -0.1) is 0 Å². The van der Waals surface area contributed by atoms with E-state index in [0.29, 0.717) is 0 Å². The molecule has 2 heterocycles. The molecule has 1 amide bonds. The Bertz CT molecular complexity index is 726. The minimum atomic E-state index is -0.226. The van der Waals surface area contributed by atoms with Gasteiger partial charge in [0.15, 0.2) is 0 Å². The summed E-state index contributed by atoms with van der Waals surface area (Å²) in [6.07, 6.45) is 2.70. The van der Waals surface area contributed by atoms with E-state index in [1.807, 2.05) is 29.3 Å². The molecule has 0 bridgehead atoms. The van der Waals surface area contributed by atoms with Gasteiger partial charge in [0.2, 0.25) is 5.91 Å². The van der Waals surface area contributed by atoms with Gasteiger partial charge < -0.3 is 4.90 Å². The van der Waals surface area contributed by atoms with Gasteiger partial charge in [-0.05, 0) is 42.2 Å². The molecule has 2 atom stereocenters. The molecular weight excluding hydrogens is 317 g/mol. The Labute approximate surface area is 147 Å². The van der Waals surface area contributed by atoms with Crippen molar-refractivity contribution in [2.75, 3.05) is 26.2 Å². The van der Waals surface area contributed by atoms with E-state index in [4.69, 9.17) is 0 Å². The first kappa shape index (κ1) is 16.2. The van der Waals surface area contributed by atoms with Gasteiger partial charge in [-0.25, -0.2) is 4.39 Å². The molecule has 1 aliphatic heterocycles. The molecule has 1 aromatic heterocycles. The standard InChI is InChI=1S/C20H22FN3O/c21-16-6-4-15(5-7-16)18-13-19(18)20(25)24-11-9-23(10-12-24)14-17-3-1-2-8-22-17/h1-8,18-19H,9-14H2. The molecule has 25 heavy (non-hydrogen) atoms. The van der Waals surface area contributed by atoms with Gasteiger partial charge in [0.25, 0.3) is 0 Å². The molecule has 0 spiro atoms. The summed E-state index contributed by atoms with van der Waals surface area (Å²) in [6, 6.07) is 12.5. The van der Waals surface area contributed by atoms with Crippen molar-refractivity contribution in [2.24, 2.45) is 5.92 Å². The maximum absolute atomic E-state index is 13.0. The second kappa shape index (κ2) is 6.92. The summed E-state index contributed by atoms with van der Waals surface area (Å²) < 4.78 is 13.0. The van der Waals surface area contributed by atoms with Gasteiger partial charge in [0.05, 0.1) is 5.69 Å². The summed E-state index contributed by atoms with van der Waals surface area (Å²) in [7, 11) is 0. The van der Waals surface area contributed by atoms with Crippen molar-refractivity contribution in [3.63, 3.8) is 0 Å². The van der Waals surface area contributed by atoms with Crippen LogP contribution in [0.15, 0.2) is 48.7 Å². The third kappa shape index (κ3) is 3.71. The Hall–Kier alpha value is -2.27. The fourth-order valence-electron chi connectivity index (χ4n) is 3.63. The van der Waals surface area contributed by atoms with Gasteiger partial charge >= 0.3 is 0 Å². The van der Waals surface area contributed by atoms with E-state index < -0.39 is 0 Å². The van der Waals surface area contributed by atoms with Crippen LogP contribution in [0, 0.1) is 11.7 Å². The van der Waals surface area contributed by atoms with Gasteiger partial charge in [0, 0.05) is 44.8 Å². The maximum Gasteiger partial charge on any atom is 0.226 e. The fourth-order valence-corrected chi connectivity index (χ4v) is 3.63. The fraction of sp³-hybridized carbons (Fsp3) is 0.400. The smallest absolute Gasteiger partial charge is 0.226 e. The van der Waals surface area contributed by atoms with Crippen molar-refractivity contribution in [1.82, 2.24) is 14.8 Å². The number of aromatic nitrogens is 1.